The van der Waals surface area contributed by atoms with Gasteiger partial charge in [0.2, 0.25) is 0 Å². The summed E-state index contributed by atoms with van der Waals surface area (Å²) < 4.78 is 10.6. The summed E-state index contributed by atoms with van der Waals surface area (Å²) in [6.07, 6.45) is 5.50. The van der Waals surface area contributed by atoms with Crippen LogP contribution >= 0.6 is 0 Å². The molecule has 0 radical (unpaired) electrons. The second kappa shape index (κ2) is 15.0. The van der Waals surface area contributed by atoms with E-state index in [9.17, 15) is 29.4 Å². The van der Waals surface area contributed by atoms with Crippen molar-refractivity contribution >= 4 is 23.9 Å². The molecule has 0 saturated heterocycles. The molecule has 188 valence electrons. The second-order valence-corrected chi connectivity index (χ2v) is 8.54. The first-order valence-corrected chi connectivity index (χ1v) is 11.5. The summed E-state index contributed by atoms with van der Waals surface area (Å²) >= 11 is 0. The Morgan fingerprint density at radius 3 is 1.82 bits per heavy atom. The first-order valence-electron chi connectivity index (χ1n) is 11.5. The van der Waals surface area contributed by atoms with E-state index in [2.05, 4.69) is 0 Å². The third-order valence-corrected chi connectivity index (χ3v) is 5.60. The molecule has 0 bridgehead atoms. The fourth-order valence-electron chi connectivity index (χ4n) is 3.85. The molecule has 1 aromatic carbocycles. The summed E-state index contributed by atoms with van der Waals surface area (Å²) in [5.74, 6) is -3.01. The van der Waals surface area contributed by atoms with E-state index in [4.69, 9.17) is 9.47 Å². The van der Waals surface area contributed by atoms with E-state index in [0.29, 0.717) is 12.5 Å². The van der Waals surface area contributed by atoms with E-state index in [-0.39, 0.29) is 32.8 Å². The number of esters is 2. The maximum atomic E-state index is 12.3. The highest BCUT2D eigenvalue weighted by Gasteiger charge is 2.21. The van der Waals surface area contributed by atoms with Crippen LogP contribution in [0.5, 0.6) is 0 Å². The minimum absolute atomic E-state index is 0.0654. The molecule has 1 saturated carbocycles. The molecule has 0 atom stereocenters. The van der Waals surface area contributed by atoms with Crippen molar-refractivity contribution in [1.29, 1.82) is 0 Å². The van der Waals surface area contributed by atoms with E-state index in [1.807, 2.05) is 18.2 Å². The lowest BCUT2D eigenvalue weighted by Gasteiger charge is -2.25. The molecule has 10 nitrogen and oxygen atoms in total. The number of nitrogens with zero attached hydrogens (tertiary/aromatic N) is 2. The number of hydrogen-bond acceptors (Lipinski definition) is 8. The van der Waals surface area contributed by atoms with Crippen molar-refractivity contribution in [3.63, 3.8) is 0 Å². The number of benzene rings is 1. The lowest BCUT2D eigenvalue weighted by Crippen LogP contribution is -2.44. The van der Waals surface area contributed by atoms with Gasteiger partial charge in [-0.15, -0.1) is 0 Å². The highest BCUT2D eigenvalue weighted by molar-refractivity contribution is 5.74. The number of rotatable bonds is 15. The molecule has 1 aliphatic carbocycles. The van der Waals surface area contributed by atoms with Crippen LogP contribution < -0.4 is 0 Å². The molecule has 0 aromatic heterocycles. The number of carboxylic acids is 2. The zero-order valence-corrected chi connectivity index (χ0v) is 19.4. The quantitative estimate of drug-likeness (QED) is 0.358. The standard InChI is InChI=1S/C24H34N2O8/c27-21(28)13-25(15-23(31)33-17-19-7-3-1-4-8-19)11-12-26(14-22(29)30)16-24(32)34-18-20-9-5-2-6-10-20/h1,3-4,7-8,20H,2,5-6,9-18H2,(H,27,28)(H,29,30). The van der Waals surface area contributed by atoms with E-state index >= 15 is 0 Å². The average Bonchev–Trinajstić information content (AvgIpc) is 2.80. The van der Waals surface area contributed by atoms with Crippen molar-refractivity contribution in [1.82, 2.24) is 9.80 Å². The van der Waals surface area contributed by atoms with Gasteiger partial charge in [0, 0.05) is 13.1 Å². The lowest BCUT2D eigenvalue weighted by atomic mass is 9.90. The molecule has 0 amide bonds. The molecule has 0 aliphatic heterocycles. The average molecular weight is 479 g/mol. The minimum Gasteiger partial charge on any atom is -0.480 e. The van der Waals surface area contributed by atoms with Crippen LogP contribution in [0.2, 0.25) is 0 Å². The molecular formula is C24H34N2O8. The molecule has 1 aromatic rings. The van der Waals surface area contributed by atoms with Crippen LogP contribution in [0.25, 0.3) is 0 Å². The number of carbonyl (C=O) groups excluding carboxylic acids is 2. The van der Waals surface area contributed by atoms with Gasteiger partial charge < -0.3 is 19.7 Å². The zero-order valence-electron chi connectivity index (χ0n) is 19.4. The normalized spacial score (nSPS) is 14.2. The molecule has 0 unspecified atom stereocenters. The van der Waals surface area contributed by atoms with E-state index in [1.54, 1.807) is 12.1 Å². The minimum atomic E-state index is -1.13. The van der Waals surface area contributed by atoms with Gasteiger partial charge in [-0.2, -0.15) is 0 Å². The topological polar surface area (TPSA) is 134 Å². The number of carbonyl (C=O) groups is 4. The molecule has 1 aliphatic rings. The van der Waals surface area contributed by atoms with E-state index in [0.717, 1.165) is 31.2 Å². The third kappa shape index (κ3) is 11.8. The molecule has 0 spiro atoms. The highest BCUT2D eigenvalue weighted by atomic mass is 16.5. The van der Waals surface area contributed by atoms with Crippen LogP contribution in [0.4, 0.5) is 0 Å². The highest BCUT2D eigenvalue weighted by Crippen LogP contribution is 2.23. The van der Waals surface area contributed by atoms with Gasteiger partial charge >= 0.3 is 23.9 Å². The van der Waals surface area contributed by atoms with Crippen molar-refractivity contribution in [3.05, 3.63) is 35.9 Å². The van der Waals surface area contributed by atoms with Gasteiger partial charge in [0.25, 0.3) is 0 Å². The van der Waals surface area contributed by atoms with E-state index < -0.39 is 37.0 Å². The van der Waals surface area contributed by atoms with Crippen molar-refractivity contribution in [2.75, 3.05) is 45.9 Å². The van der Waals surface area contributed by atoms with Crippen LogP contribution in [-0.2, 0) is 35.3 Å². The Labute approximate surface area is 199 Å². The molecule has 2 N–H and O–H groups in total. The SMILES string of the molecule is O=C(O)CN(CCN(CC(=O)O)CC(=O)OCC1CCCCC1)CC(=O)OCc1ccccc1. The summed E-state index contributed by atoms with van der Waals surface area (Å²) in [6, 6.07) is 9.08. The van der Waals surface area contributed by atoms with Gasteiger partial charge in [-0.1, -0.05) is 49.6 Å². The molecule has 1 fully saturated rings. The lowest BCUT2D eigenvalue weighted by molar-refractivity contribution is -0.150. The largest absolute Gasteiger partial charge is 0.480 e. The van der Waals surface area contributed by atoms with Crippen molar-refractivity contribution in [3.8, 4) is 0 Å². The predicted octanol–water partition coefficient (Wildman–Crippen LogP) is 1.63. The first kappa shape index (κ1) is 27.3. The van der Waals surface area contributed by atoms with Crippen molar-refractivity contribution in [2.45, 2.75) is 38.7 Å². The van der Waals surface area contributed by atoms with Crippen molar-refractivity contribution < 1.29 is 38.9 Å². The summed E-state index contributed by atoms with van der Waals surface area (Å²) in [6.45, 7) is -0.785. The van der Waals surface area contributed by atoms with Gasteiger partial charge in [-0.05, 0) is 24.3 Å². The monoisotopic (exact) mass is 478 g/mol. The molecule has 0 heterocycles. The van der Waals surface area contributed by atoms with Gasteiger partial charge in [-0.25, -0.2) is 0 Å². The Kier molecular flexibility index (Phi) is 12.0. The Hall–Kier alpha value is -2.98. The number of carboxylic acid groups (broad SMARTS) is 2. The summed E-state index contributed by atoms with van der Waals surface area (Å²) in [5.41, 5.74) is 0.806. The molecule has 34 heavy (non-hydrogen) atoms. The van der Waals surface area contributed by atoms with Crippen LogP contribution in [-0.4, -0.2) is 89.8 Å². The van der Waals surface area contributed by atoms with Gasteiger partial charge in [-0.3, -0.25) is 29.0 Å². The van der Waals surface area contributed by atoms with Crippen LogP contribution in [0.15, 0.2) is 30.3 Å². The fraction of sp³-hybridized carbons (Fsp3) is 0.583. The van der Waals surface area contributed by atoms with Crippen molar-refractivity contribution in [2.24, 2.45) is 5.92 Å². The molecular weight excluding hydrogens is 444 g/mol. The Balaban J connectivity index is 1.83. The summed E-state index contributed by atoms with van der Waals surface area (Å²) in [5, 5.41) is 18.4. The van der Waals surface area contributed by atoms with Gasteiger partial charge in [0.1, 0.15) is 6.61 Å². The smallest absolute Gasteiger partial charge is 0.320 e. The molecule has 2 rings (SSSR count). The Morgan fingerprint density at radius 2 is 1.29 bits per heavy atom. The maximum absolute atomic E-state index is 12.3. The van der Waals surface area contributed by atoms with E-state index in [1.165, 1.54) is 16.2 Å². The Morgan fingerprint density at radius 1 is 0.765 bits per heavy atom. The maximum Gasteiger partial charge on any atom is 0.320 e. The van der Waals surface area contributed by atoms with Crippen LogP contribution in [0, 0.1) is 5.92 Å². The predicted molar refractivity (Wildman–Crippen MR) is 122 cm³/mol. The van der Waals surface area contributed by atoms with Gasteiger partial charge in [0.05, 0.1) is 32.8 Å². The number of ether oxygens (including phenoxy) is 2. The fourth-order valence-corrected chi connectivity index (χ4v) is 3.85. The molecule has 10 heteroatoms. The van der Waals surface area contributed by atoms with Crippen LogP contribution in [0.1, 0.15) is 37.7 Å². The zero-order chi connectivity index (χ0) is 24.8. The first-order chi connectivity index (χ1) is 16.3. The number of hydrogen-bond donors (Lipinski definition) is 2. The summed E-state index contributed by atoms with van der Waals surface area (Å²) in [4.78, 5) is 49.7. The van der Waals surface area contributed by atoms with Gasteiger partial charge in [0.15, 0.2) is 0 Å². The summed E-state index contributed by atoms with van der Waals surface area (Å²) in [7, 11) is 0. The van der Waals surface area contributed by atoms with Crippen LogP contribution in [0.3, 0.4) is 0 Å². The second-order valence-electron chi connectivity index (χ2n) is 8.54. The number of aliphatic carboxylic acids is 2. The Bertz CT molecular complexity index is 795. The third-order valence-electron chi connectivity index (χ3n) is 5.60.